The first-order valence-corrected chi connectivity index (χ1v) is 6.80. The van der Waals surface area contributed by atoms with Crippen LogP contribution in [0.15, 0.2) is 24.4 Å². The molecule has 0 aliphatic heterocycles. The quantitative estimate of drug-likeness (QED) is 0.679. The van der Waals surface area contributed by atoms with E-state index >= 15 is 0 Å². The molecule has 0 unspecified atom stereocenters. The summed E-state index contributed by atoms with van der Waals surface area (Å²) in [5.41, 5.74) is 2.49. The zero-order valence-electron chi connectivity index (χ0n) is 10.0. The molecule has 2 aromatic heterocycles. The molecule has 17 heavy (non-hydrogen) atoms. The molecule has 2 nitrogen and oxygen atoms in total. The van der Waals surface area contributed by atoms with Crippen LogP contribution in [-0.4, -0.2) is 9.97 Å². The van der Waals surface area contributed by atoms with Gasteiger partial charge in [-0.3, -0.25) is 0 Å². The van der Waals surface area contributed by atoms with E-state index in [0.717, 1.165) is 24.2 Å². The second-order valence-corrected chi connectivity index (χ2v) is 5.22. The van der Waals surface area contributed by atoms with Gasteiger partial charge in [0.15, 0.2) is 0 Å². The van der Waals surface area contributed by atoms with Gasteiger partial charge in [-0.05, 0) is 18.1 Å². The maximum Gasteiger partial charge on any atom is 0.128 e. The van der Waals surface area contributed by atoms with Crippen LogP contribution >= 0.6 is 11.3 Å². The average Bonchev–Trinajstić information content (AvgIpc) is 2.74. The summed E-state index contributed by atoms with van der Waals surface area (Å²) in [6.45, 7) is 4.27. The largest absolute Gasteiger partial charge is 0.240 e. The van der Waals surface area contributed by atoms with Crippen molar-refractivity contribution in [3.8, 4) is 0 Å². The van der Waals surface area contributed by atoms with Crippen LogP contribution in [0.1, 0.15) is 25.2 Å². The van der Waals surface area contributed by atoms with Crippen LogP contribution in [-0.2, 0) is 12.8 Å². The number of thiophene rings is 1. The van der Waals surface area contributed by atoms with Crippen LogP contribution in [0.5, 0.6) is 0 Å². The second-order valence-electron chi connectivity index (χ2n) is 4.14. The fraction of sp³-hybridized carbons (Fsp3) is 0.286. The van der Waals surface area contributed by atoms with Gasteiger partial charge < -0.3 is 0 Å². The summed E-state index contributed by atoms with van der Waals surface area (Å²) in [7, 11) is 0. The van der Waals surface area contributed by atoms with Gasteiger partial charge in [-0.25, -0.2) is 9.97 Å². The first kappa shape index (κ1) is 10.7. The van der Waals surface area contributed by atoms with Crippen molar-refractivity contribution >= 4 is 31.6 Å². The highest BCUT2D eigenvalue weighted by atomic mass is 32.1. The Labute approximate surface area is 104 Å². The summed E-state index contributed by atoms with van der Waals surface area (Å²) in [5.74, 6) is 0.928. The predicted molar refractivity (Wildman–Crippen MR) is 73.7 cm³/mol. The van der Waals surface area contributed by atoms with Crippen molar-refractivity contribution in [1.82, 2.24) is 9.97 Å². The topological polar surface area (TPSA) is 25.8 Å². The van der Waals surface area contributed by atoms with Gasteiger partial charge in [0.05, 0.1) is 10.2 Å². The highest BCUT2D eigenvalue weighted by molar-refractivity contribution is 7.25. The van der Waals surface area contributed by atoms with Crippen LogP contribution in [0.2, 0.25) is 0 Å². The molecule has 0 aliphatic carbocycles. The van der Waals surface area contributed by atoms with E-state index < -0.39 is 0 Å². The summed E-state index contributed by atoms with van der Waals surface area (Å²) in [4.78, 5) is 9.00. The molecule has 2 heterocycles. The molecule has 0 N–H and O–H groups in total. The monoisotopic (exact) mass is 242 g/mol. The van der Waals surface area contributed by atoms with Crippen molar-refractivity contribution in [3.63, 3.8) is 0 Å². The maximum absolute atomic E-state index is 4.64. The number of aryl methyl sites for hydroxylation is 2. The van der Waals surface area contributed by atoms with Gasteiger partial charge in [0.25, 0.3) is 0 Å². The van der Waals surface area contributed by atoms with Gasteiger partial charge in [0.2, 0.25) is 0 Å². The van der Waals surface area contributed by atoms with Crippen LogP contribution in [0.3, 0.4) is 0 Å². The number of hydrogen-bond acceptors (Lipinski definition) is 3. The standard InChI is InChI=1S/C14H14N2S/c1-3-9-5-6-10-11(7-9)17-12-8-15-13(4-2)16-14(10)12/h5-8H,3-4H2,1-2H3. The van der Waals surface area contributed by atoms with E-state index in [1.54, 1.807) is 11.3 Å². The van der Waals surface area contributed by atoms with Gasteiger partial charge in [-0.1, -0.05) is 26.0 Å². The van der Waals surface area contributed by atoms with E-state index in [0.29, 0.717) is 0 Å². The number of rotatable bonds is 2. The molecule has 0 atom stereocenters. The number of fused-ring (bicyclic) bond motifs is 3. The molecule has 3 aromatic rings. The average molecular weight is 242 g/mol. The van der Waals surface area contributed by atoms with E-state index in [1.165, 1.54) is 20.3 Å². The molecule has 0 saturated carbocycles. The smallest absolute Gasteiger partial charge is 0.128 e. The Balaban J connectivity index is 2.34. The molecule has 0 spiro atoms. The lowest BCUT2D eigenvalue weighted by molar-refractivity contribution is 0.964. The Kier molecular flexibility index (Phi) is 2.56. The number of benzene rings is 1. The summed E-state index contributed by atoms with van der Waals surface area (Å²) in [6, 6.07) is 6.66. The van der Waals surface area contributed by atoms with Crippen molar-refractivity contribution in [2.75, 3.05) is 0 Å². The summed E-state index contributed by atoms with van der Waals surface area (Å²) < 4.78 is 2.51. The van der Waals surface area contributed by atoms with E-state index in [2.05, 4.69) is 42.0 Å². The third kappa shape index (κ3) is 1.71. The van der Waals surface area contributed by atoms with E-state index in [1.807, 2.05) is 6.20 Å². The zero-order chi connectivity index (χ0) is 11.8. The van der Waals surface area contributed by atoms with Crippen molar-refractivity contribution in [3.05, 3.63) is 35.8 Å². The summed E-state index contributed by atoms with van der Waals surface area (Å²) in [5, 5.41) is 1.26. The first-order chi connectivity index (χ1) is 8.31. The molecule has 3 heteroatoms. The van der Waals surface area contributed by atoms with Crippen molar-refractivity contribution < 1.29 is 0 Å². The first-order valence-electron chi connectivity index (χ1n) is 5.99. The third-order valence-corrected chi connectivity index (χ3v) is 4.13. The van der Waals surface area contributed by atoms with Crippen molar-refractivity contribution in [1.29, 1.82) is 0 Å². The zero-order valence-corrected chi connectivity index (χ0v) is 10.8. The Bertz CT molecular complexity index is 685. The fourth-order valence-corrected chi connectivity index (χ4v) is 3.11. The molecule has 3 rings (SSSR count). The molecule has 0 radical (unpaired) electrons. The molecular weight excluding hydrogens is 228 g/mol. The summed E-state index contributed by atoms with van der Waals surface area (Å²) >= 11 is 1.79. The van der Waals surface area contributed by atoms with Crippen LogP contribution in [0.25, 0.3) is 20.3 Å². The van der Waals surface area contributed by atoms with E-state index in [9.17, 15) is 0 Å². The number of aromatic nitrogens is 2. The SMILES string of the molecule is CCc1ccc2c(c1)sc1cnc(CC)nc12. The molecule has 0 aliphatic rings. The highest BCUT2D eigenvalue weighted by Gasteiger charge is 2.07. The second kappa shape index (κ2) is 4.08. The number of hydrogen-bond donors (Lipinski definition) is 0. The molecule has 0 bridgehead atoms. The van der Waals surface area contributed by atoms with Crippen molar-refractivity contribution in [2.45, 2.75) is 26.7 Å². The van der Waals surface area contributed by atoms with Gasteiger partial charge in [-0.15, -0.1) is 11.3 Å². The van der Waals surface area contributed by atoms with Crippen LogP contribution < -0.4 is 0 Å². The molecule has 0 amide bonds. The lowest BCUT2D eigenvalue weighted by atomic mass is 10.1. The van der Waals surface area contributed by atoms with Gasteiger partial charge in [0.1, 0.15) is 5.82 Å². The van der Waals surface area contributed by atoms with Gasteiger partial charge in [0, 0.05) is 22.7 Å². The minimum absolute atomic E-state index is 0.889. The van der Waals surface area contributed by atoms with Crippen molar-refractivity contribution in [2.24, 2.45) is 0 Å². The Hall–Kier alpha value is -1.48. The van der Waals surface area contributed by atoms with Crippen LogP contribution in [0.4, 0.5) is 0 Å². The molecule has 86 valence electrons. The maximum atomic E-state index is 4.64. The van der Waals surface area contributed by atoms with Crippen LogP contribution in [0, 0.1) is 0 Å². The third-order valence-electron chi connectivity index (χ3n) is 3.05. The fourth-order valence-electron chi connectivity index (χ4n) is 2.03. The summed E-state index contributed by atoms with van der Waals surface area (Å²) in [6.07, 6.45) is 3.92. The van der Waals surface area contributed by atoms with Gasteiger partial charge in [-0.2, -0.15) is 0 Å². The molecular formula is C14H14N2S. The minimum atomic E-state index is 0.889. The number of nitrogens with zero attached hydrogens (tertiary/aromatic N) is 2. The highest BCUT2D eigenvalue weighted by Crippen LogP contribution is 2.32. The Morgan fingerprint density at radius 2 is 2.00 bits per heavy atom. The predicted octanol–water partition coefficient (Wildman–Crippen LogP) is 3.97. The Morgan fingerprint density at radius 3 is 2.76 bits per heavy atom. The lowest BCUT2D eigenvalue weighted by Gasteiger charge is -1.97. The normalized spacial score (nSPS) is 11.4. The van der Waals surface area contributed by atoms with Gasteiger partial charge >= 0.3 is 0 Å². The molecule has 0 saturated heterocycles. The Morgan fingerprint density at radius 1 is 1.12 bits per heavy atom. The van der Waals surface area contributed by atoms with E-state index in [4.69, 9.17) is 0 Å². The molecule has 1 aromatic carbocycles. The minimum Gasteiger partial charge on any atom is -0.240 e. The molecule has 0 fully saturated rings. The lowest BCUT2D eigenvalue weighted by Crippen LogP contribution is -1.90. The van der Waals surface area contributed by atoms with E-state index in [-0.39, 0.29) is 0 Å².